The van der Waals surface area contributed by atoms with Crippen molar-refractivity contribution in [1.82, 2.24) is 24.6 Å². The van der Waals surface area contributed by atoms with E-state index in [4.69, 9.17) is 10.2 Å². The van der Waals surface area contributed by atoms with Crippen LogP contribution in [-0.2, 0) is 4.79 Å². The van der Waals surface area contributed by atoms with Crippen molar-refractivity contribution in [1.29, 1.82) is 0 Å². The second kappa shape index (κ2) is 8.01. The Bertz CT molecular complexity index is 1350. The number of pyridine rings is 2. The molecule has 4 aromatic rings. The lowest BCUT2D eigenvalue weighted by molar-refractivity contribution is -0.389. The maximum atomic E-state index is 11.6. The van der Waals surface area contributed by atoms with Crippen LogP contribution in [0.4, 0.5) is 11.6 Å². The maximum Gasteiger partial charge on any atom is 0.363 e. The van der Waals surface area contributed by atoms with Crippen LogP contribution in [0.2, 0.25) is 0 Å². The fourth-order valence-electron chi connectivity index (χ4n) is 4.18. The first-order chi connectivity index (χ1) is 15.9. The van der Waals surface area contributed by atoms with Crippen molar-refractivity contribution in [2.24, 2.45) is 0 Å². The zero-order chi connectivity index (χ0) is 23.1. The first-order valence-electron chi connectivity index (χ1n) is 10.5. The van der Waals surface area contributed by atoms with Crippen molar-refractivity contribution in [2.75, 3.05) is 18.8 Å². The van der Waals surface area contributed by atoms with Crippen LogP contribution in [0.25, 0.3) is 33.4 Å². The Morgan fingerprint density at radius 3 is 2.64 bits per heavy atom. The minimum Gasteiger partial charge on any atom is -0.452 e. The molecule has 1 saturated heterocycles. The van der Waals surface area contributed by atoms with Gasteiger partial charge in [0, 0.05) is 55.0 Å². The number of anilines is 1. The van der Waals surface area contributed by atoms with Crippen molar-refractivity contribution in [3.8, 4) is 22.5 Å². The summed E-state index contributed by atoms with van der Waals surface area (Å²) in [6.07, 6.45) is 8.53. The van der Waals surface area contributed by atoms with Gasteiger partial charge in [0.15, 0.2) is 17.6 Å². The molecule has 1 fully saturated rings. The Hall–Kier alpha value is -4.28. The summed E-state index contributed by atoms with van der Waals surface area (Å²) in [4.78, 5) is 31.9. The van der Waals surface area contributed by atoms with Crippen molar-refractivity contribution in [3.63, 3.8) is 0 Å². The predicted molar refractivity (Wildman–Crippen MR) is 120 cm³/mol. The molecule has 1 aliphatic heterocycles. The van der Waals surface area contributed by atoms with E-state index in [2.05, 4.69) is 15.1 Å². The molecule has 11 heteroatoms. The molecular formula is C22H21N7O4. The summed E-state index contributed by atoms with van der Waals surface area (Å²) in [5.74, 6) is 0.596. The number of rotatable bonds is 4. The summed E-state index contributed by atoms with van der Waals surface area (Å²) >= 11 is 0. The number of hydrogen-bond acceptors (Lipinski definition) is 8. The fourth-order valence-corrected chi connectivity index (χ4v) is 4.18. The number of furan rings is 1. The molecule has 0 aromatic carbocycles. The lowest BCUT2D eigenvalue weighted by Crippen LogP contribution is -2.37. The number of carbonyl (C=O) groups excluding carboxylic acids is 1. The van der Waals surface area contributed by atoms with Crippen LogP contribution >= 0.6 is 0 Å². The molecule has 1 amide bonds. The van der Waals surface area contributed by atoms with Crippen LogP contribution in [0.15, 0.2) is 47.4 Å². The number of fused-ring (bicyclic) bond motifs is 1. The van der Waals surface area contributed by atoms with Gasteiger partial charge in [0.25, 0.3) is 0 Å². The number of hydrogen-bond donors (Lipinski definition) is 1. The molecule has 1 aliphatic rings. The predicted octanol–water partition coefficient (Wildman–Crippen LogP) is 3.43. The number of nitro groups is 1. The Morgan fingerprint density at radius 1 is 1.18 bits per heavy atom. The zero-order valence-corrected chi connectivity index (χ0v) is 17.8. The molecule has 0 saturated carbocycles. The third-order valence-corrected chi connectivity index (χ3v) is 6.00. The molecule has 0 spiro atoms. The van der Waals surface area contributed by atoms with E-state index in [1.165, 1.54) is 12.3 Å². The van der Waals surface area contributed by atoms with E-state index < -0.39 is 4.92 Å². The minimum atomic E-state index is -0.552. The van der Waals surface area contributed by atoms with Crippen LogP contribution in [-0.4, -0.2) is 48.6 Å². The van der Waals surface area contributed by atoms with Crippen LogP contribution < -0.4 is 5.73 Å². The van der Waals surface area contributed by atoms with Gasteiger partial charge in [0.1, 0.15) is 5.76 Å². The average Bonchev–Trinajstić information content (AvgIpc) is 3.48. The van der Waals surface area contributed by atoms with Crippen LogP contribution in [0.5, 0.6) is 0 Å². The van der Waals surface area contributed by atoms with Gasteiger partial charge in [0.05, 0.1) is 17.8 Å². The normalized spacial score (nSPS) is 14.6. The highest BCUT2D eigenvalue weighted by atomic mass is 16.6. The largest absolute Gasteiger partial charge is 0.452 e. The SMILES string of the molecule is CC(=O)N1CCC(n2cc(-c3cnc(N)c4oc(-c5ccc([N+](=O)[O-])nc5)cc34)cn2)CC1. The van der Waals surface area contributed by atoms with Gasteiger partial charge in [-0.25, -0.2) is 4.98 Å². The van der Waals surface area contributed by atoms with Gasteiger partial charge in [-0.15, -0.1) is 0 Å². The molecular weight excluding hydrogens is 426 g/mol. The fraction of sp³-hybridized carbons (Fsp3) is 0.273. The van der Waals surface area contributed by atoms with E-state index >= 15 is 0 Å². The molecule has 2 N–H and O–H groups in total. The van der Waals surface area contributed by atoms with Crippen LogP contribution in [0, 0.1) is 10.1 Å². The molecule has 0 atom stereocenters. The number of nitrogens with zero attached hydrogens (tertiary/aromatic N) is 6. The summed E-state index contributed by atoms with van der Waals surface area (Å²) in [5.41, 5.74) is 8.77. The third-order valence-electron chi connectivity index (χ3n) is 6.00. The van der Waals surface area contributed by atoms with Gasteiger partial charge in [0.2, 0.25) is 5.91 Å². The van der Waals surface area contributed by atoms with E-state index in [0.29, 0.717) is 16.9 Å². The number of aromatic nitrogens is 4. The van der Waals surface area contributed by atoms with Gasteiger partial charge >= 0.3 is 5.82 Å². The highest BCUT2D eigenvalue weighted by Crippen LogP contribution is 2.37. The monoisotopic (exact) mass is 447 g/mol. The van der Waals surface area contributed by atoms with Crippen molar-refractivity contribution < 1.29 is 14.1 Å². The molecule has 0 radical (unpaired) electrons. The quantitative estimate of drug-likeness (QED) is 0.370. The number of carbonyl (C=O) groups is 1. The lowest BCUT2D eigenvalue weighted by atomic mass is 10.0. The highest BCUT2D eigenvalue weighted by molar-refractivity contribution is 6.00. The van der Waals surface area contributed by atoms with E-state index in [-0.39, 0.29) is 23.6 Å². The molecule has 4 aromatic heterocycles. The summed E-state index contributed by atoms with van der Waals surface area (Å²) in [6.45, 7) is 3.03. The first-order valence-corrected chi connectivity index (χ1v) is 10.5. The summed E-state index contributed by atoms with van der Waals surface area (Å²) in [7, 11) is 0. The molecule has 168 valence electrons. The second-order valence-corrected chi connectivity index (χ2v) is 8.02. The molecule has 5 rings (SSSR count). The molecule has 0 unspecified atom stereocenters. The molecule has 5 heterocycles. The van der Waals surface area contributed by atoms with Crippen molar-refractivity contribution in [2.45, 2.75) is 25.8 Å². The maximum absolute atomic E-state index is 11.6. The van der Waals surface area contributed by atoms with Crippen LogP contribution in [0.1, 0.15) is 25.8 Å². The van der Waals surface area contributed by atoms with E-state index in [1.807, 2.05) is 21.8 Å². The average molecular weight is 447 g/mol. The standard InChI is InChI=1S/C22H21N7O4/c1-13(30)27-6-4-16(5-7-27)28-12-15(10-26-28)18-11-25-22(23)21-17(18)8-19(33-21)14-2-3-20(24-9-14)29(31)32/h2-3,8-12,16H,4-7H2,1H3,(H2,23,25). The van der Waals surface area contributed by atoms with Crippen molar-refractivity contribution in [3.05, 3.63) is 53.1 Å². The number of piperidine rings is 1. The minimum absolute atomic E-state index is 0.101. The first kappa shape index (κ1) is 20.6. The van der Waals surface area contributed by atoms with Crippen LogP contribution in [0.3, 0.4) is 0 Å². The lowest BCUT2D eigenvalue weighted by Gasteiger charge is -2.31. The summed E-state index contributed by atoms with van der Waals surface area (Å²) in [5, 5.41) is 16.2. The van der Waals surface area contributed by atoms with Gasteiger partial charge in [-0.05, 0) is 34.9 Å². The molecule has 11 nitrogen and oxygen atoms in total. The number of nitrogens with two attached hydrogens (primary N) is 1. The van der Waals surface area contributed by atoms with Crippen molar-refractivity contribution >= 4 is 28.5 Å². The molecule has 0 bridgehead atoms. The number of likely N-dealkylation sites (tertiary alicyclic amines) is 1. The second-order valence-electron chi connectivity index (χ2n) is 8.02. The third kappa shape index (κ3) is 3.77. The Balaban J connectivity index is 1.46. The van der Waals surface area contributed by atoms with Gasteiger partial charge in [-0.2, -0.15) is 5.10 Å². The Kier molecular flexibility index (Phi) is 5.00. The number of amides is 1. The van der Waals surface area contributed by atoms with Gasteiger partial charge in [-0.3, -0.25) is 9.48 Å². The highest BCUT2D eigenvalue weighted by Gasteiger charge is 2.23. The summed E-state index contributed by atoms with van der Waals surface area (Å²) < 4.78 is 7.88. The molecule has 33 heavy (non-hydrogen) atoms. The number of nitrogen functional groups attached to an aromatic ring is 1. The van der Waals surface area contributed by atoms with E-state index in [1.54, 1.807) is 25.4 Å². The van der Waals surface area contributed by atoms with E-state index in [9.17, 15) is 14.9 Å². The van der Waals surface area contributed by atoms with E-state index in [0.717, 1.165) is 42.4 Å². The van der Waals surface area contributed by atoms with Gasteiger partial charge < -0.3 is 25.2 Å². The topological polar surface area (TPSA) is 146 Å². The zero-order valence-electron chi connectivity index (χ0n) is 17.8. The summed E-state index contributed by atoms with van der Waals surface area (Å²) in [6, 6.07) is 4.95. The smallest absolute Gasteiger partial charge is 0.363 e. The Labute approximate surface area is 188 Å². The molecule has 0 aliphatic carbocycles. The Morgan fingerprint density at radius 2 is 1.97 bits per heavy atom. The van der Waals surface area contributed by atoms with Gasteiger partial charge in [-0.1, -0.05) is 0 Å².